The summed E-state index contributed by atoms with van der Waals surface area (Å²) in [6.07, 6.45) is 5.18. The van der Waals surface area contributed by atoms with Crippen molar-refractivity contribution in [3.8, 4) is 0 Å². The highest BCUT2D eigenvalue weighted by molar-refractivity contribution is 5.73. The van der Waals surface area contributed by atoms with Crippen LogP contribution in [0.3, 0.4) is 0 Å². The second-order valence-corrected chi connectivity index (χ2v) is 3.75. The lowest BCUT2D eigenvalue weighted by atomic mass is 10.1. The molecule has 1 aliphatic carbocycles. The number of nitrogens with two attached hydrogens (primary N) is 1. The predicted molar refractivity (Wildman–Crippen MR) is 50.4 cm³/mol. The summed E-state index contributed by atoms with van der Waals surface area (Å²) in [5, 5.41) is 11.6. The van der Waals surface area contributed by atoms with Crippen LogP contribution in [0.1, 0.15) is 25.7 Å². The lowest BCUT2D eigenvalue weighted by molar-refractivity contribution is -0.138. The third kappa shape index (κ3) is 3.74. The Kier molecular flexibility index (Phi) is 4.18. The van der Waals surface area contributed by atoms with E-state index in [2.05, 4.69) is 5.32 Å². The number of hydrogen-bond acceptors (Lipinski definition) is 3. The van der Waals surface area contributed by atoms with Gasteiger partial charge in [0.15, 0.2) is 0 Å². The maximum absolute atomic E-state index is 10.4. The van der Waals surface area contributed by atoms with Crippen molar-refractivity contribution < 1.29 is 9.90 Å². The first kappa shape index (κ1) is 10.5. The molecule has 0 aromatic carbocycles. The maximum Gasteiger partial charge on any atom is 0.321 e. The van der Waals surface area contributed by atoms with Gasteiger partial charge in [-0.3, -0.25) is 4.79 Å². The van der Waals surface area contributed by atoms with Gasteiger partial charge in [-0.15, -0.1) is 0 Å². The molecular weight excluding hydrogens is 168 g/mol. The summed E-state index contributed by atoms with van der Waals surface area (Å²) >= 11 is 0. The number of hydrogen-bond donors (Lipinski definition) is 3. The lowest BCUT2D eigenvalue weighted by Crippen LogP contribution is -2.41. The van der Waals surface area contributed by atoms with Gasteiger partial charge in [-0.2, -0.15) is 0 Å². The summed E-state index contributed by atoms with van der Waals surface area (Å²) < 4.78 is 0. The molecule has 0 amide bonds. The van der Waals surface area contributed by atoms with Crippen molar-refractivity contribution in [1.82, 2.24) is 5.32 Å². The first-order valence-electron chi connectivity index (χ1n) is 4.89. The van der Waals surface area contributed by atoms with E-state index in [0.717, 1.165) is 12.5 Å². The molecule has 13 heavy (non-hydrogen) atoms. The molecule has 1 rings (SSSR count). The molecule has 1 fully saturated rings. The summed E-state index contributed by atoms with van der Waals surface area (Å²) in [7, 11) is 0. The number of aliphatic carboxylic acids is 1. The zero-order valence-electron chi connectivity index (χ0n) is 7.83. The van der Waals surface area contributed by atoms with Crippen LogP contribution in [-0.2, 0) is 4.79 Å². The minimum absolute atomic E-state index is 0.381. The summed E-state index contributed by atoms with van der Waals surface area (Å²) in [6, 6.07) is -0.763. The summed E-state index contributed by atoms with van der Waals surface area (Å²) in [5.41, 5.74) is 5.34. The Bertz CT molecular complexity index is 167. The largest absolute Gasteiger partial charge is 0.480 e. The zero-order chi connectivity index (χ0) is 9.68. The predicted octanol–water partition coefficient (Wildman–Crippen LogP) is 0.178. The van der Waals surface area contributed by atoms with Crippen molar-refractivity contribution in [3.05, 3.63) is 0 Å². The molecule has 1 saturated carbocycles. The Morgan fingerprint density at radius 2 is 2.15 bits per heavy atom. The molecule has 0 heterocycles. The normalized spacial score (nSPS) is 20.4. The minimum atomic E-state index is -0.932. The van der Waals surface area contributed by atoms with Crippen molar-refractivity contribution >= 4 is 5.97 Å². The summed E-state index contributed by atoms with van der Waals surface area (Å²) in [4.78, 5) is 10.4. The van der Waals surface area contributed by atoms with E-state index in [1.165, 1.54) is 25.7 Å². The fraction of sp³-hybridized carbons (Fsp3) is 0.889. The van der Waals surface area contributed by atoms with Crippen LogP contribution in [0.2, 0.25) is 0 Å². The van der Waals surface area contributed by atoms with Gasteiger partial charge in [-0.25, -0.2) is 0 Å². The highest BCUT2D eigenvalue weighted by Gasteiger charge is 2.16. The molecule has 4 nitrogen and oxygen atoms in total. The van der Waals surface area contributed by atoms with Crippen LogP contribution < -0.4 is 11.1 Å². The van der Waals surface area contributed by atoms with Gasteiger partial charge in [-0.05, 0) is 25.3 Å². The average molecular weight is 186 g/mol. The molecule has 76 valence electrons. The lowest BCUT2D eigenvalue weighted by Gasteiger charge is -2.12. The van der Waals surface area contributed by atoms with Crippen molar-refractivity contribution in [2.45, 2.75) is 31.7 Å². The molecule has 4 N–H and O–H groups in total. The number of carboxylic acids is 1. The van der Waals surface area contributed by atoms with Gasteiger partial charge in [0.25, 0.3) is 0 Å². The fourth-order valence-electron chi connectivity index (χ4n) is 1.74. The standard InChI is InChI=1S/C9H18N2O2/c10-8(9(12)13)6-11-5-7-3-1-2-4-7/h7-8,11H,1-6,10H2,(H,12,13). The van der Waals surface area contributed by atoms with Gasteiger partial charge < -0.3 is 16.2 Å². The molecule has 0 saturated heterocycles. The first-order valence-corrected chi connectivity index (χ1v) is 4.89. The Morgan fingerprint density at radius 3 is 2.69 bits per heavy atom. The van der Waals surface area contributed by atoms with Gasteiger partial charge in [0.05, 0.1) is 0 Å². The highest BCUT2D eigenvalue weighted by atomic mass is 16.4. The Labute approximate surface area is 78.5 Å². The molecule has 0 radical (unpaired) electrons. The maximum atomic E-state index is 10.4. The number of nitrogens with one attached hydrogen (secondary N) is 1. The topological polar surface area (TPSA) is 75.3 Å². The van der Waals surface area contributed by atoms with Crippen molar-refractivity contribution in [2.75, 3.05) is 13.1 Å². The monoisotopic (exact) mass is 186 g/mol. The van der Waals surface area contributed by atoms with E-state index in [1.807, 2.05) is 0 Å². The fourth-order valence-corrected chi connectivity index (χ4v) is 1.74. The van der Waals surface area contributed by atoms with Crippen LogP contribution in [-0.4, -0.2) is 30.2 Å². The van der Waals surface area contributed by atoms with E-state index in [9.17, 15) is 4.79 Å². The molecule has 1 atom stereocenters. The summed E-state index contributed by atoms with van der Waals surface area (Å²) in [5.74, 6) is -0.195. The third-order valence-electron chi connectivity index (χ3n) is 2.59. The minimum Gasteiger partial charge on any atom is -0.480 e. The van der Waals surface area contributed by atoms with Gasteiger partial charge >= 0.3 is 5.97 Å². The van der Waals surface area contributed by atoms with E-state index in [1.54, 1.807) is 0 Å². The van der Waals surface area contributed by atoms with Crippen LogP contribution >= 0.6 is 0 Å². The van der Waals surface area contributed by atoms with Crippen LogP contribution in [0.25, 0.3) is 0 Å². The Morgan fingerprint density at radius 1 is 1.54 bits per heavy atom. The van der Waals surface area contributed by atoms with Gasteiger partial charge in [-0.1, -0.05) is 12.8 Å². The smallest absolute Gasteiger partial charge is 0.321 e. The van der Waals surface area contributed by atoms with Crippen LogP contribution in [0.5, 0.6) is 0 Å². The SMILES string of the molecule is NC(CNCC1CCCC1)C(=O)O. The molecule has 1 unspecified atom stereocenters. The number of carbonyl (C=O) groups is 1. The van der Waals surface area contributed by atoms with E-state index < -0.39 is 12.0 Å². The van der Waals surface area contributed by atoms with E-state index in [0.29, 0.717) is 6.54 Å². The zero-order valence-corrected chi connectivity index (χ0v) is 7.83. The molecule has 1 aliphatic rings. The molecule has 0 aromatic rings. The van der Waals surface area contributed by atoms with E-state index >= 15 is 0 Å². The molecule has 4 heteroatoms. The van der Waals surface area contributed by atoms with E-state index in [-0.39, 0.29) is 0 Å². The molecule has 0 aliphatic heterocycles. The first-order chi connectivity index (χ1) is 6.20. The van der Waals surface area contributed by atoms with Crippen molar-refractivity contribution in [1.29, 1.82) is 0 Å². The van der Waals surface area contributed by atoms with Crippen molar-refractivity contribution in [2.24, 2.45) is 11.7 Å². The Balaban J connectivity index is 2.02. The average Bonchev–Trinajstić information content (AvgIpc) is 2.56. The molecule has 0 spiro atoms. The highest BCUT2D eigenvalue weighted by Crippen LogP contribution is 2.23. The van der Waals surface area contributed by atoms with Crippen LogP contribution in [0.4, 0.5) is 0 Å². The van der Waals surface area contributed by atoms with Gasteiger partial charge in [0.2, 0.25) is 0 Å². The number of rotatable bonds is 5. The van der Waals surface area contributed by atoms with Crippen LogP contribution in [0, 0.1) is 5.92 Å². The third-order valence-corrected chi connectivity index (χ3v) is 2.59. The second-order valence-electron chi connectivity index (χ2n) is 3.75. The molecular formula is C9H18N2O2. The van der Waals surface area contributed by atoms with E-state index in [4.69, 9.17) is 10.8 Å². The van der Waals surface area contributed by atoms with Gasteiger partial charge in [0.1, 0.15) is 6.04 Å². The van der Waals surface area contributed by atoms with Gasteiger partial charge in [0, 0.05) is 6.54 Å². The molecule has 0 bridgehead atoms. The van der Waals surface area contributed by atoms with Crippen molar-refractivity contribution in [3.63, 3.8) is 0 Å². The van der Waals surface area contributed by atoms with Crippen LogP contribution in [0.15, 0.2) is 0 Å². The quantitative estimate of drug-likeness (QED) is 0.572. The Hall–Kier alpha value is -0.610. The number of carboxylic acid groups (broad SMARTS) is 1. The summed E-state index contributed by atoms with van der Waals surface area (Å²) in [6.45, 7) is 1.30. The second kappa shape index (κ2) is 5.19. The molecule has 0 aromatic heterocycles.